The van der Waals surface area contributed by atoms with E-state index in [9.17, 15) is 0 Å². The predicted octanol–water partition coefficient (Wildman–Crippen LogP) is 16.8. The monoisotopic (exact) mass is 964 g/mol. The first-order valence-electron chi connectivity index (χ1n) is 26.5. The molecule has 2 heterocycles. The number of para-hydroxylation sites is 4. The number of hydrogen-bond donors (Lipinski definition) is 0. The Morgan fingerprint density at radius 1 is 0.250 bits per heavy atom. The van der Waals surface area contributed by atoms with Crippen molar-refractivity contribution in [2.75, 3.05) is 9.80 Å². The second-order valence-corrected chi connectivity index (χ2v) is 20.2. The van der Waals surface area contributed by atoms with Gasteiger partial charge in [0.15, 0.2) is 0 Å². The molecule has 2 aliphatic heterocycles. The minimum absolute atomic E-state index is 0.0945. The summed E-state index contributed by atoms with van der Waals surface area (Å²) in [6, 6.07) is 111. The van der Waals surface area contributed by atoms with Gasteiger partial charge < -0.3 is 9.80 Å². The van der Waals surface area contributed by atoms with Gasteiger partial charge in [-0.15, -0.1) is 0 Å². The van der Waals surface area contributed by atoms with Crippen LogP contribution in [0.2, 0.25) is 0 Å². The van der Waals surface area contributed by atoms with E-state index in [0.717, 1.165) is 67.3 Å². The zero-order valence-corrected chi connectivity index (χ0v) is 41.8. The molecular formula is C73H49BN2. The Hall–Kier alpha value is -9.70. The molecule has 0 atom stereocenters. The average molecular weight is 965 g/mol. The first-order chi connectivity index (χ1) is 37.8. The Morgan fingerprint density at radius 2 is 0.566 bits per heavy atom. The van der Waals surface area contributed by atoms with Gasteiger partial charge in [-0.1, -0.05) is 273 Å². The fourth-order valence-electron chi connectivity index (χ4n) is 13.3. The maximum atomic E-state index is 2.65. The predicted molar refractivity (Wildman–Crippen MR) is 320 cm³/mol. The van der Waals surface area contributed by atoms with Crippen molar-refractivity contribution in [2.24, 2.45) is 0 Å². The van der Waals surface area contributed by atoms with Crippen LogP contribution in [0.1, 0.15) is 22.3 Å². The number of hydrogen-bond acceptors (Lipinski definition) is 2. The lowest BCUT2D eigenvalue weighted by Gasteiger charge is -2.47. The number of fused-ring (bicyclic) bond motifs is 7. The molecule has 15 rings (SSSR count). The van der Waals surface area contributed by atoms with Crippen LogP contribution < -0.4 is 26.2 Å². The van der Waals surface area contributed by atoms with E-state index in [-0.39, 0.29) is 6.71 Å². The van der Waals surface area contributed by atoms with Gasteiger partial charge in [-0.05, 0) is 96.3 Å². The van der Waals surface area contributed by atoms with Crippen molar-refractivity contribution in [2.45, 2.75) is 5.41 Å². The van der Waals surface area contributed by atoms with E-state index in [0.29, 0.717) is 0 Å². The molecule has 0 saturated carbocycles. The van der Waals surface area contributed by atoms with E-state index >= 15 is 0 Å². The van der Waals surface area contributed by atoms with Crippen LogP contribution in [0.25, 0.3) is 55.6 Å². The van der Waals surface area contributed by atoms with Crippen LogP contribution in [-0.2, 0) is 5.41 Å². The second-order valence-electron chi connectivity index (χ2n) is 20.2. The van der Waals surface area contributed by atoms with Gasteiger partial charge in [0.05, 0.1) is 16.8 Å². The molecule has 0 spiro atoms. The Kier molecular flexibility index (Phi) is 10.2. The van der Waals surface area contributed by atoms with E-state index in [4.69, 9.17) is 0 Å². The van der Waals surface area contributed by atoms with E-state index in [2.05, 4.69) is 307 Å². The van der Waals surface area contributed by atoms with Crippen LogP contribution in [0.3, 0.4) is 0 Å². The molecule has 0 N–H and O–H groups in total. The molecule has 0 fully saturated rings. The molecule has 12 aromatic rings. The van der Waals surface area contributed by atoms with E-state index < -0.39 is 5.41 Å². The Balaban J connectivity index is 1.16. The summed E-state index contributed by atoms with van der Waals surface area (Å²) in [5.74, 6) is 0. The third-order valence-electron chi connectivity index (χ3n) is 16.3. The third-order valence-corrected chi connectivity index (χ3v) is 16.3. The highest BCUT2D eigenvalue weighted by Gasteiger charge is 2.50. The van der Waals surface area contributed by atoms with Gasteiger partial charge in [-0.3, -0.25) is 0 Å². The van der Waals surface area contributed by atoms with Crippen LogP contribution in [0.5, 0.6) is 0 Å². The smallest absolute Gasteiger partial charge is 0.252 e. The largest absolute Gasteiger partial charge is 0.310 e. The molecule has 354 valence electrons. The molecule has 3 aliphatic rings. The van der Waals surface area contributed by atoms with Gasteiger partial charge in [0.2, 0.25) is 0 Å². The van der Waals surface area contributed by atoms with Crippen LogP contribution in [0.4, 0.5) is 34.1 Å². The topological polar surface area (TPSA) is 6.48 Å². The summed E-state index contributed by atoms with van der Waals surface area (Å²) in [5.41, 5.74) is 26.9. The van der Waals surface area contributed by atoms with Crippen LogP contribution in [-0.4, -0.2) is 6.71 Å². The number of anilines is 6. The maximum Gasteiger partial charge on any atom is 0.252 e. The van der Waals surface area contributed by atoms with Crippen LogP contribution >= 0.6 is 0 Å². The molecule has 1 aliphatic carbocycles. The van der Waals surface area contributed by atoms with Gasteiger partial charge >= 0.3 is 0 Å². The molecule has 0 unspecified atom stereocenters. The Bertz CT molecular complexity index is 3810. The summed E-state index contributed by atoms with van der Waals surface area (Å²) in [5, 5.41) is 0. The standard InChI is InChI=1S/C73H49BN2/c1-6-26-50(27-7-1)56-38-24-39-57(51-28-8-2-9-29-51)71(56)75-66-46-22-20-44-64(66)74-65-45-21-23-47-67(65)76(72-58(52-30-10-3-11-31-52)40-25-41-59(72)53-32-12-4-13-33-53)69-49-55(48-68(75)70(69)74)73(54-34-14-5-15-35-54)62-42-18-16-36-60(62)61-37-17-19-43-63(61)73/h1-49H. The molecule has 0 aromatic heterocycles. The highest BCUT2D eigenvalue weighted by Crippen LogP contribution is 2.59. The number of rotatable bonds is 8. The van der Waals surface area contributed by atoms with E-state index in [1.54, 1.807) is 0 Å². The molecule has 76 heavy (non-hydrogen) atoms. The van der Waals surface area contributed by atoms with Gasteiger partial charge in [0.25, 0.3) is 6.71 Å². The molecule has 2 nitrogen and oxygen atoms in total. The Morgan fingerprint density at radius 3 is 0.961 bits per heavy atom. The van der Waals surface area contributed by atoms with Crippen molar-refractivity contribution < 1.29 is 0 Å². The minimum atomic E-state index is -0.705. The molecule has 0 radical (unpaired) electrons. The molecule has 0 saturated heterocycles. The van der Waals surface area contributed by atoms with Crippen molar-refractivity contribution in [3.63, 3.8) is 0 Å². The fraction of sp³-hybridized carbons (Fsp3) is 0.0137. The van der Waals surface area contributed by atoms with Crippen molar-refractivity contribution >= 4 is 57.2 Å². The lowest BCUT2D eigenvalue weighted by molar-refractivity contribution is 0.768. The van der Waals surface area contributed by atoms with Crippen molar-refractivity contribution in [1.82, 2.24) is 0 Å². The minimum Gasteiger partial charge on any atom is -0.310 e. The van der Waals surface area contributed by atoms with Crippen LogP contribution in [0, 0.1) is 0 Å². The summed E-state index contributed by atoms with van der Waals surface area (Å²) in [7, 11) is 0. The van der Waals surface area contributed by atoms with Gasteiger partial charge in [0, 0.05) is 45.0 Å². The summed E-state index contributed by atoms with van der Waals surface area (Å²) < 4.78 is 0. The number of benzene rings is 12. The highest BCUT2D eigenvalue weighted by molar-refractivity contribution is 7.00. The number of nitrogens with zero attached hydrogens (tertiary/aromatic N) is 2. The van der Waals surface area contributed by atoms with Gasteiger partial charge in [-0.2, -0.15) is 0 Å². The highest BCUT2D eigenvalue weighted by atomic mass is 15.2. The molecule has 0 amide bonds. The van der Waals surface area contributed by atoms with E-state index in [1.165, 1.54) is 61.1 Å². The van der Waals surface area contributed by atoms with Crippen molar-refractivity contribution in [1.29, 1.82) is 0 Å². The normalized spacial score (nSPS) is 13.3. The SMILES string of the molecule is c1ccc(-c2cccc(-c3ccccc3)c2N2c3ccccc3B3c4ccccc4N(c4c(-c5ccccc5)cccc4-c4ccccc4)c4cc(C5(c6ccccc6)c6ccccc6-c6ccccc65)cc2c43)cc1. The summed E-state index contributed by atoms with van der Waals surface area (Å²) in [4.78, 5) is 5.30. The van der Waals surface area contributed by atoms with E-state index in [1.807, 2.05) is 0 Å². The Labute approximate surface area is 445 Å². The average Bonchev–Trinajstić information content (AvgIpc) is 4.01. The maximum absolute atomic E-state index is 2.65. The molecule has 12 aromatic carbocycles. The molecule has 0 bridgehead atoms. The zero-order valence-electron chi connectivity index (χ0n) is 41.8. The van der Waals surface area contributed by atoms with Gasteiger partial charge in [0.1, 0.15) is 0 Å². The third kappa shape index (κ3) is 6.55. The second kappa shape index (κ2) is 17.8. The zero-order chi connectivity index (χ0) is 50.2. The van der Waals surface area contributed by atoms with Crippen LogP contribution in [0.15, 0.2) is 297 Å². The summed E-state index contributed by atoms with van der Waals surface area (Å²) in [6.07, 6.45) is 0. The summed E-state index contributed by atoms with van der Waals surface area (Å²) in [6.45, 7) is -0.0945. The lowest BCUT2D eigenvalue weighted by Crippen LogP contribution is -2.61. The van der Waals surface area contributed by atoms with Crippen molar-refractivity contribution in [3.05, 3.63) is 320 Å². The lowest BCUT2D eigenvalue weighted by atomic mass is 9.33. The summed E-state index contributed by atoms with van der Waals surface area (Å²) >= 11 is 0. The first kappa shape index (κ1) is 43.8. The van der Waals surface area contributed by atoms with Crippen molar-refractivity contribution in [3.8, 4) is 55.6 Å². The fourth-order valence-corrected chi connectivity index (χ4v) is 13.3. The first-order valence-corrected chi connectivity index (χ1v) is 26.5. The molecule has 3 heteroatoms. The van der Waals surface area contributed by atoms with Gasteiger partial charge in [-0.25, -0.2) is 0 Å². The molecular weight excluding hydrogens is 916 g/mol. The quantitative estimate of drug-likeness (QED) is 0.140.